The third kappa shape index (κ3) is 4.02. The highest BCUT2D eigenvalue weighted by molar-refractivity contribution is 6.30. The Morgan fingerprint density at radius 1 is 1.24 bits per heavy atom. The second-order valence-electron chi connectivity index (χ2n) is 4.55. The van der Waals surface area contributed by atoms with Crippen LogP contribution >= 0.6 is 11.6 Å². The van der Waals surface area contributed by atoms with Crippen LogP contribution in [0.2, 0.25) is 5.02 Å². The van der Waals surface area contributed by atoms with Gasteiger partial charge in [0.15, 0.2) is 0 Å². The van der Waals surface area contributed by atoms with E-state index in [4.69, 9.17) is 17.3 Å². The van der Waals surface area contributed by atoms with Gasteiger partial charge in [-0.3, -0.25) is 4.79 Å². The summed E-state index contributed by atoms with van der Waals surface area (Å²) < 4.78 is 0. The molecule has 0 saturated carbocycles. The van der Waals surface area contributed by atoms with Crippen molar-refractivity contribution in [2.45, 2.75) is 32.9 Å². The van der Waals surface area contributed by atoms with Gasteiger partial charge in [-0.25, -0.2) is 0 Å². The highest BCUT2D eigenvalue weighted by Crippen LogP contribution is 2.16. The Bertz CT molecular complexity index is 376. The maximum absolute atomic E-state index is 11.8. The lowest BCUT2D eigenvalue weighted by Gasteiger charge is -2.20. The van der Waals surface area contributed by atoms with Crippen LogP contribution in [0.3, 0.4) is 0 Å². The minimum atomic E-state index is -0.468. The number of amides is 1. The van der Waals surface area contributed by atoms with Gasteiger partial charge in [0.2, 0.25) is 5.91 Å². The Balaban J connectivity index is 2.63. The number of benzene rings is 1. The molecule has 1 aromatic rings. The van der Waals surface area contributed by atoms with Crippen molar-refractivity contribution in [3.8, 4) is 0 Å². The van der Waals surface area contributed by atoms with E-state index >= 15 is 0 Å². The quantitative estimate of drug-likeness (QED) is 0.868. The van der Waals surface area contributed by atoms with Gasteiger partial charge in [0.25, 0.3) is 0 Å². The molecule has 0 fully saturated rings. The molecule has 4 heteroatoms. The van der Waals surface area contributed by atoms with E-state index in [1.54, 1.807) is 0 Å². The van der Waals surface area contributed by atoms with E-state index in [1.165, 1.54) is 0 Å². The van der Waals surface area contributed by atoms with Crippen LogP contribution in [-0.2, 0) is 4.79 Å². The molecule has 17 heavy (non-hydrogen) atoms. The molecule has 0 aliphatic heterocycles. The summed E-state index contributed by atoms with van der Waals surface area (Å²) in [5.41, 5.74) is 6.79. The molecule has 0 aliphatic carbocycles. The molecule has 3 N–H and O–H groups in total. The molecular formula is C13H19ClN2O. The normalized spacial score (nSPS) is 14.5. The monoisotopic (exact) mass is 254 g/mol. The summed E-state index contributed by atoms with van der Waals surface area (Å²) in [7, 11) is 0. The molecule has 0 radical (unpaired) electrons. The highest BCUT2D eigenvalue weighted by Gasteiger charge is 2.19. The molecule has 0 saturated heterocycles. The Morgan fingerprint density at radius 2 is 1.76 bits per heavy atom. The zero-order chi connectivity index (χ0) is 13.0. The molecule has 1 rings (SSSR count). The number of rotatable bonds is 4. The van der Waals surface area contributed by atoms with Crippen LogP contribution in [0.5, 0.6) is 0 Å². The molecule has 1 unspecified atom stereocenters. The number of carbonyl (C=O) groups is 1. The molecule has 2 atom stereocenters. The fourth-order valence-electron chi connectivity index (χ4n) is 1.45. The fourth-order valence-corrected chi connectivity index (χ4v) is 1.57. The van der Waals surface area contributed by atoms with Crippen LogP contribution in [0.1, 0.15) is 32.4 Å². The van der Waals surface area contributed by atoms with Crippen LogP contribution in [0.25, 0.3) is 0 Å². The molecule has 0 heterocycles. The standard InChI is InChI=1S/C13H19ClN2O/c1-8(2)12(15)13(17)16-9(3)10-4-6-11(14)7-5-10/h4-9,12H,15H2,1-3H3,(H,16,17)/t9-,12?/m0/s1. The van der Waals surface area contributed by atoms with Crippen molar-refractivity contribution in [1.82, 2.24) is 5.32 Å². The Hall–Kier alpha value is -1.06. The van der Waals surface area contributed by atoms with E-state index in [2.05, 4.69) is 5.32 Å². The predicted molar refractivity (Wildman–Crippen MR) is 70.8 cm³/mol. The van der Waals surface area contributed by atoms with Crippen molar-refractivity contribution < 1.29 is 4.79 Å². The zero-order valence-electron chi connectivity index (χ0n) is 10.4. The average Bonchev–Trinajstić information content (AvgIpc) is 2.28. The Labute approximate surface area is 107 Å². The lowest BCUT2D eigenvalue weighted by atomic mass is 10.0. The van der Waals surface area contributed by atoms with Gasteiger partial charge in [0, 0.05) is 5.02 Å². The lowest BCUT2D eigenvalue weighted by molar-refractivity contribution is -0.123. The minimum absolute atomic E-state index is 0.0652. The summed E-state index contributed by atoms with van der Waals surface area (Å²) in [5, 5.41) is 3.58. The third-order valence-corrected chi connectivity index (χ3v) is 3.00. The lowest BCUT2D eigenvalue weighted by Crippen LogP contribution is -2.44. The molecular weight excluding hydrogens is 236 g/mol. The number of nitrogens with one attached hydrogen (secondary N) is 1. The summed E-state index contributed by atoms with van der Waals surface area (Å²) in [6.07, 6.45) is 0. The topological polar surface area (TPSA) is 55.1 Å². The summed E-state index contributed by atoms with van der Waals surface area (Å²) in [6.45, 7) is 5.78. The first-order valence-electron chi connectivity index (χ1n) is 5.73. The maximum Gasteiger partial charge on any atom is 0.237 e. The molecule has 1 amide bonds. The zero-order valence-corrected chi connectivity index (χ0v) is 11.2. The van der Waals surface area contributed by atoms with Crippen molar-refractivity contribution in [1.29, 1.82) is 0 Å². The van der Waals surface area contributed by atoms with E-state index in [1.807, 2.05) is 45.0 Å². The molecule has 1 aromatic carbocycles. The second-order valence-corrected chi connectivity index (χ2v) is 4.99. The number of hydrogen-bond acceptors (Lipinski definition) is 2. The van der Waals surface area contributed by atoms with Gasteiger partial charge in [-0.2, -0.15) is 0 Å². The highest BCUT2D eigenvalue weighted by atomic mass is 35.5. The summed E-state index contributed by atoms with van der Waals surface area (Å²) in [5.74, 6) is 0.00914. The summed E-state index contributed by atoms with van der Waals surface area (Å²) in [6, 6.07) is 6.88. The number of nitrogens with two attached hydrogens (primary N) is 1. The van der Waals surface area contributed by atoms with Gasteiger partial charge < -0.3 is 11.1 Å². The average molecular weight is 255 g/mol. The first kappa shape index (κ1) is 14.0. The van der Waals surface area contributed by atoms with Crippen LogP contribution in [-0.4, -0.2) is 11.9 Å². The van der Waals surface area contributed by atoms with Crippen molar-refractivity contribution >= 4 is 17.5 Å². The molecule has 0 spiro atoms. The van der Waals surface area contributed by atoms with Gasteiger partial charge >= 0.3 is 0 Å². The molecule has 3 nitrogen and oxygen atoms in total. The first-order chi connectivity index (χ1) is 7.91. The van der Waals surface area contributed by atoms with Crippen molar-refractivity contribution in [2.24, 2.45) is 11.7 Å². The fraction of sp³-hybridized carbons (Fsp3) is 0.462. The van der Waals surface area contributed by atoms with Crippen molar-refractivity contribution in [3.63, 3.8) is 0 Å². The van der Waals surface area contributed by atoms with Gasteiger partial charge in [0.1, 0.15) is 0 Å². The van der Waals surface area contributed by atoms with Gasteiger partial charge in [-0.05, 0) is 30.5 Å². The van der Waals surface area contributed by atoms with Crippen LogP contribution in [0, 0.1) is 5.92 Å². The summed E-state index contributed by atoms with van der Waals surface area (Å²) in [4.78, 5) is 11.8. The van der Waals surface area contributed by atoms with Gasteiger partial charge in [-0.15, -0.1) is 0 Å². The SMILES string of the molecule is CC(C)C(N)C(=O)N[C@@H](C)c1ccc(Cl)cc1. The van der Waals surface area contributed by atoms with E-state index in [-0.39, 0.29) is 17.9 Å². The third-order valence-electron chi connectivity index (χ3n) is 2.75. The smallest absolute Gasteiger partial charge is 0.237 e. The minimum Gasteiger partial charge on any atom is -0.348 e. The second kappa shape index (κ2) is 6.03. The van der Waals surface area contributed by atoms with Gasteiger partial charge in [0.05, 0.1) is 12.1 Å². The number of carbonyl (C=O) groups excluding carboxylic acids is 1. The first-order valence-corrected chi connectivity index (χ1v) is 6.11. The molecule has 0 bridgehead atoms. The van der Waals surface area contributed by atoms with E-state index < -0.39 is 6.04 Å². The molecule has 94 valence electrons. The summed E-state index contributed by atoms with van der Waals surface area (Å²) >= 11 is 5.81. The van der Waals surface area contributed by atoms with E-state index in [0.29, 0.717) is 5.02 Å². The van der Waals surface area contributed by atoms with E-state index in [0.717, 1.165) is 5.56 Å². The largest absolute Gasteiger partial charge is 0.348 e. The van der Waals surface area contributed by atoms with Crippen LogP contribution in [0.4, 0.5) is 0 Å². The predicted octanol–water partition coefficient (Wildman–Crippen LogP) is 2.50. The van der Waals surface area contributed by atoms with Crippen LogP contribution in [0.15, 0.2) is 24.3 Å². The van der Waals surface area contributed by atoms with Crippen LogP contribution < -0.4 is 11.1 Å². The van der Waals surface area contributed by atoms with E-state index in [9.17, 15) is 4.79 Å². The number of halogens is 1. The van der Waals surface area contributed by atoms with Crippen molar-refractivity contribution in [2.75, 3.05) is 0 Å². The Morgan fingerprint density at radius 3 is 2.24 bits per heavy atom. The number of hydrogen-bond donors (Lipinski definition) is 2. The van der Waals surface area contributed by atoms with Gasteiger partial charge in [-0.1, -0.05) is 37.6 Å². The maximum atomic E-state index is 11.8. The van der Waals surface area contributed by atoms with Crippen molar-refractivity contribution in [3.05, 3.63) is 34.9 Å². The Kier molecular flexibility index (Phi) is 4.97. The molecule has 0 aromatic heterocycles. The molecule has 0 aliphatic rings.